The fourth-order valence-corrected chi connectivity index (χ4v) is 14.2. The molecule has 0 amide bonds. The van der Waals surface area contributed by atoms with E-state index in [9.17, 15) is 24.7 Å². The minimum Gasteiger partial charge on any atom is -0.459 e. The van der Waals surface area contributed by atoms with Crippen LogP contribution in [0.3, 0.4) is 0 Å². The van der Waals surface area contributed by atoms with Gasteiger partial charge in [-0.3, -0.25) is 0 Å². The van der Waals surface area contributed by atoms with Crippen LogP contribution in [0.15, 0.2) is 285 Å². The number of hydrogen-bond donors (Lipinski definition) is 0. The second-order valence-corrected chi connectivity index (χ2v) is 23.9. The minimum absolute atomic E-state index is 0.00188. The molecule has 0 spiro atoms. The van der Waals surface area contributed by atoms with Crippen LogP contribution in [0.4, 0.5) is 51.2 Å². The van der Waals surface area contributed by atoms with E-state index < -0.39 is 156 Å². The van der Waals surface area contributed by atoms with Crippen LogP contribution in [-0.4, -0.2) is 18.0 Å². The monoisotopic (exact) mass is 1170 g/mol. The molecular formula is C82H56B2N4O2. The van der Waals surface area contributed by atoms with Crippen molar-refractivity contribution >= 4 is 119 Å². The molecule has 0 saturated heterocycles. The van der Waals surface area contributed by atoms with Gasteiger partial charge in [-0.2, -0.15) is 0 Å². The van der Waals surface area contributed by atoms with Gasteiger partial charge < -0.3 is 28.7 Å². The molecule has 0 bridgehead atoms. The summed E-state index contributed by atoms with van der Waals surface area (Å²) in [4.78, 5) is 5.25. The maximum Gasteiger partial charge on any atom is 0.266 e. The van der Waals surface area contributed by atoms with E-state index in [-0.39, 0.29) is 95.6 Å². The number of aromatic nitrogens is 1. The lowest BCUT2D eigenvalue weighted by Crippen LogP contribution is -2.66. The Morgan fingerprint density at radius 3 is 1.64 bits per heavy atom. The van der Waals surface area contributed by atoms with Crippen molar-refractivity contribution in [1.29, 1.82) is 0 Å². The van der Waals surface area contributed by atoms with Gasteiger partial charge >= 0.3 is 0 Å². The average molecular weight is 1170 g/mol. The first kappa shape index (κ1) is 34.4. The van der Waals surface area contributed by atoms with Crippen LogP contribution in [0.1, 0.15) is 55.1 Å². The molecule has 19 rings (SSSR count). The van der Waals surface area contributed by atoms with Crippen LogP contribution >= 0.6 is 0 Å². The molecule has 5 aliphatic heterocycles. The third-order valence-corrected chi connectivity index (χ3v) is 18.0. The van der Waals surface area contributed by atoms with Gasteiger partial charge in [-0.1, -0.05) is 221 Å². The number of benzene rings is 13. The van der Waals surface area contributed by atoms with E-state index in [0.717, 1.165) is 4.57 Å². The Labute approximate surface area is 553 Å². The summed E-state index contributed by atoms with van der Waals surface area (Å²) < 4.78 is 222. The number of hydrogen-bond acceptors (Lipinski definition) is 5. The standard InChI is InChI=1S/C82H56B2N4O2/c1-82(2,3)54-47-68-75-69(48-54)88(80-58(52-27-10-5-11-28-52)36-22-37-59(80)53-29-12-6-13-30-53)71-50-70-78-81(90-74-44-24-43-73-79(74)84(78)76-66(41-23-42-72(76)89-73)85(70)55-31-14-7-15-32-55)77(71)83(75)62-46-45-56(86-64-39-20-17-34-60(64)61-35-18-21-40-65(61)86)49-67(62)87(68)63-38-19-16-33-57(63)51-25-8-4-9-26-51/h4-50H,1-3H3/i7D,14D,15D,17D,18D,20D,21D,23D,24D,31D,34D,35D,39D,40D,42D,43D,44D,45D,46D,49D,50D. The molecule has 0 saturated carbocycles. The SMILES string of the molecule is [2H]c1cc(N2c3cc([2H])c([2H])c4c3B3c5c(c([2H])c([2H])c([2H])c5Oc5c3c2c([2H])c2c5B3c5c(cc(C(C)(C)C)cc5N2c2c(-c5ccccc5)cccc2-c2ccccc2)N(c2ccccc2-c2ccccc2)c2c([2H])c(-n5c6c([2H])c([2H])c([2H])c([2H])c6c6c([2H])c([2H])c([2H])c([2H])c65)c([2H])c([2H])c23)O4)c([2H])c([2H])c1[2H]. The van der Waals surface area contributed by atoms with Gasteiger partial charge in [-0.25, -0.2) is 0 Å². The highest BCUT2D eigenvalue weighted by Crippen LogP contribution is 2.55. The van der Waals surface area contributed by atoms with Crippen molar-refractivity contribution < 1.29 is 38.3 Å². The molecule has 1 aromatic heterocycles. The maximum absolute atomic E-state index is 11.9. The van der Waals surface area contributed by atoms with E-state index in [0.29, 0.717) is 67.2 Å². The van der Waals surface area contributed by atoms with Crippen molar-refractivity contribution in [2.45, 2.75) is 26.2 Å². The Morgan fingerprint density at radius 2 is 0.944 bits per heavy atom. The summed E-state index contributed by atoms with van der Waals surface area (Å²) >= 11 is 0. The fraction of sp³-hybridized carbons (Fsp3) is 0.0488. The van der Waals surface area contributed by atoms with Crippen molar-refractivity contribution in [2.75, 3.05) is 14.7 Å². The molecule has 6 heterocycles. The smallest absolute Gasteiger partial charge is 0.266 e. The largest absolute Gasteiger partial charge is 0.459 e. The van der Waals surface area contributed by atoms with Gasteiger partial charge in [-0.15, -0.1) is 0 Å². The van der Waals surface area contributed by atoms with Crippen LogP contribution in [0, 0.1) is 0 Å². The zero-order chi connectivity index (χ0) is 77.8. The Balaban J connectivity index is 1.08. The summed E-state index contributed by atoms with van der Waals surface area (Å²) in [5.74, 6) is -0.966. The predicted octanol–water partition coefficient (Wildman–Crippen LogP) is 17.7. The fourth-order valence-electron chi connectivity index (χ4n) is 14.2. The molecule has 13 aromatic carbocycles. The van der Waals surface area contributed by atoms with E-state index in [1.807, 2.05) is 176 Å². The highest BCUT2D eigenvalue weighted by Gasteiger charge is 2.53. The Kier molecular flexibility index (Phi) is 7.31. The molecule has 0 radical (unpaired) electrons. The topological polar surface area (TPSA) is 33.1 Å². The predicted molar refractivity (Wildman–Crippen MR) is 376 cm³/mol. The van der Waals surface area contributed by atoms with Gasteiger partial charge in [0.15, 0.2) is 0 Å². The van der Waals surface area contributed by atoms with Crippen LogP contribution in [-0.2, 0) is 5.41 Å². The Morgan fingerprint density at radius 1 is 0.367 bits per heavy atom. The van der Waals surface area contributed by atoms with Crippen LogP contribution in [0.5, 0.6) is 23.0 Å². The summed E-state index contributed by atoms with van der Waals surface area (Å²) in [6.07, 6.45) is 0. The van der Waals surface area contributed by atoms with Gasteiger partial charge in [0.2, 0.25) is 0 Å². The summed E-state index contributed by atoms with van der Waals surface area (Å²) in [7, 11) is 0. The van der Waals surface area contributed by atoms with Crippen molar-refractivity contribution in [3.63, 3.8) is 0 Å². The third kappa shape index (κ3) is 7.24. The number of nitrogens with zero attached hydrogens (tertiary/aromatic N) is 4. The molecular weight excluding hydrogens is 1090 g/mol. The second kappa shape index (κ2) is 19.1. The van der Waals surface area contributed by atoms with E-state index in [2.05, 4.69) is 0 Å². The summed E-state index contributed by atoms with van der Waals surface area (Å²) in [5, 5.41) is -0.670. The summed E-state index contributed by atoms with van der Waals surface area (Å²) in [5.41, 5.74) is 4.41. The summed E-state index contributed by atoms with van der Waals surface area (Å²) in [6, 6.07) is 35.5. The van der Waals surface area contributed by atoms with Crippen LogP contribution in [0.2, 0.25) is 0 Å². The third-order valence-electron chi connectivity index (χ3n) is 18.0. The molecule has 0 aliphatic carbocycles. The number of para-hydroxylation sites is 5. The van der Waals surface area contributed by atoms with E-state index in [1.54, 1.807) is 0 Å². The molecule has 422 valence electrons. The quantitative estimate of drug-likeness (QED) is 0.149. The van der Waals surface area contributed by atoms with Gasteiger partial charge in [0.1, 0.15) is 23.0 Å². The highest BCUT2D eigenvalue weighted by atomic mass is 16.5. The van der Waals surface area contributed by atoms with E-state index in [4.69, 9.17) is 13.6 Å². The van der Waals surface area contributed by atoms with E-state index >= 15 is 0 Å². The second-order valence-electron chi connectivity index (χ2n) is 23.9. The highest BCUT2D eigenvalue weighted by molar-refractivity contribution is 7.04. The van der Waals surface area contributed by atoms with Crippen molar-refractivity contribution in [1.82, 2.24) is 4.57 Å². The molecule has 14 aromatic rings. The van der Waals surface area contributed by atoms with Crippen LogP contribution < -0.4 is 57.0 Å². The maximum atomic E-state index is 11.9. The first-order valence-electron chi connectivity index (χ1n) is 40.1. The molecule has 0 unspecified atom stereocenters. The lowest BCUT2D eigenvalue weighted by Gasteiger charge is -2.49. The van der Waals surface area contributed by atoms with Gasteiger partial charge in [0.05, 0.1) is 51.2 Å². The molecule has 5 aliphatic rings. The Bertz CT molecular complexity index is 6510. The van der Waals surface area contributed by atoms with Crippen molar-refractivity contribution in [3.8, 4) is 62.1 Å². The Hall–Kier alpha value is -11.2. The first-order valence-corrected chi connectivity index (χ1v) is 29.6. The van der Waals surface area contributed by atoms with Crippen molar-refractivity contribution in [2.24, 2.45) is 0 Å². The zero-order valence-corrected chi connectivity index (χ0v) is 48.3. The van der Waals surface area contributed by atoms with E-state index in [1.165, 1.54) is 17.0 Å². The first-order chi connectivity index (χ1) is 53.1. The summed E-state index contributed by atoms with van der Waals surface area (Å²) in [6.45, 7) is 3.21. The molecule has 90 heavy (non-hydrogen) atoms. The van der Waals surface area contributed by atoms with Gasteiger partial charge in [-0.05, 0) is 140 Å². The molecule has 6 nitrogen and oxygen atoms in total. The number of ether oxygens (including phenoxy) is 2. The normalized spacial score (nSPS) is 16.8. The molecule has 8 heteroatoms. The number of rotatable bonds is 7. The minimum atomic E-state index is -1.53. The van der Waals surface area contributed by atoms with Gasteiger partial charge in [0, 0.05) is 78.4 Å². The lowest BCUT2D eigenvalue weighted by molar-refractivity contribution is 0.466. The zero-order valence-electron chi connectivity index (χ0n) is 69.3. The lowest BCUT2D eigenvalue weighted by atomic mass is 9.29. The number of fused-ring (bicyclic) bond motifs is 8. The molecule has 0 atom stereocenters. The number of anilines is 9. The van der Waals surface area contributed by atoms with Gasteiger partial charge in [0.25, 0.3) is 13.4 Å². The van der Waals surface area contributed by atoms with Crippen molar-refractivity contribution in [3.05, 3.63) is 290 Å². The average Bonchev–Trinajstić information content (AvgIpc) is 1.08. The van der Waals surface area contributed by atoms with Crippen LogP contribution in [0.25, 0.3) is 60.9 Å². The molecule has 0 fully saturated rings. The molecule has 0 N–H and O–H groups in total.